The van der Waals surface area contributed by atoms with Gasteiger partial charge in [0, 0.05) is 0 Å². The monoisotopic (exact) mass is 288 g/mol. The van der Waals surface area contributed by atoms with Crippen molar-refractivity contribution in [1.29, 1.82) is 0 Å². The van der Waals surface area contributed by atoms with Crippen LogP contribution in [0, 0.1) is 5.82 Å². The summed E-state index contributed by atoms with van der Waals surface area (Å²) < 4.78 is 15.8. The molecule has 0 radical (unpaired) electrons. The second-order valence-electron chi connectivity index (χ2n) is 4.63. The van der Waals surface area contributed by atoms with E-state index in [1.807, 2.05) is 0 Å². The van der Waals surface area contributed by atoms with Gasteiger partial charge in [0.1, 0.15) is 17.5 Å². The van der Waals surface area contributed by atoms with Crippen molar-refractivity contribution in [3.8, 4) is 0 Å². The summed E-state index contributed by atoms with van der Waals surface area (Å²) in [6.45, 7) is 0.530. The molecule has 0 amide bonds. The Bertz CT molecular complexity index is 823. The molecule has 0 aliphatic carbocycles. The van der Waals surface area contributed by atoms with Crippen LogP contribution in [0.4, 0.5) is 4.39 Å². The van der Waals surface area contributed by atoms with Gasteiger partial charge in [0.25, 0.3) is 5.56 Å². The van der Waals surface area contributed by atoms with Crippen molar-refractivity contribution in [2.24, 2.45) is 0 Å². The maximum atomic E-state index is 12.9. The van der Waals surface area contributed by atoms with Crippen molar-refractivity contribution >= 4 is 11.0 Å². The number of aliphatic hydroxyl groups excluding tert-OH is 1. The van der Waals surface area contributed by atoms with Gasteiger partial charge >= 0.3 is 0 Å². The van der Waals surface area contributed by atoms with E-state index in [2.05, 4.69) is 10.1 Å². The van der Waals surface area contributed by atoms with Crippen LogP contribution in [-0.2, 0) is 13.1 Å². The Morgan fingerprint density at radius 1 is 1.24 bits per heavy atom. The zero-order chi connectivity index (χ0) is 14.8. The molecule has 0 saturated heterocycles. The van der Waals surface area contributed by atoms with Crippen molar-refractivity contribution in [2.45, 2.75) is 13.1 Å². The molecule has 0 fully saturated rings. The predicted molar refractivity (Wildman–Crippen MR) is 74.4 cm³/mol. The maximum Gasteiger partial charge on any atom is 0.264 e. The van der Waals surface area contributed by atoms with Crippen molar-refractivity contribution in [3.63, 3.8) is 0 Å². The quantitative estimate of drug-likeness (QED) is 0.769. The average molecular weight is 288 g/mol. The molecule has 1 aromatic carbocycles. The van der Waals surface area contributed by atoms with Gasteiger partial charge in [-0.05, 0) is 17.7 Å². The first kappa shape index (κ1) is 13.4. The zero-order valence-corrected chi connectivity index (χ0v) is 11.1. The van der Waals surface area contributed by atoms with Crippen LogP contribution in [0.3, 0.4) is 0 Å². The van der Waals surface area contributed by atoms with Crippen LogP contribution in [-0.4, -0.2) is 31.0 Å². The fourth-order valence-corrected chi connectivity index (χ4v) is 2.15. The molecule has 6 nitrogen and oxygen atoms in total. The molecular weight excluding hydrogens is 275 g/mol. The third kappa shape index (κ3) is 2.55. The Morgan fingerprint density at radius 2 is 2.00 bits per heavy atom. The number of aromatic nitrogens is 4. The van der Waals surface area contributed by atoms with Gasteiger partial charge in [0.2, 0.25) is 0 Å². The predicted octanol–water partition coefficient (Wildman–Crippen LogP) is 0.773. The third-order valence-electron chi connectivity index (χ3n) is 3.20. The van der Waals surface area contributed by atoms with Gasteiger partial charge in [-0.1, -0.05) is 12.1 Å². The first-order valence-electron chi connectivity index (χ1n) is 6.45. The number of hydrogen-bond acceptors (Lipinski definition) is 4. The molecule has 0 atom stereocenters. The van der Waals surface area contributed by atoms with Crippen LogP contribution in [0.5, 0.6) is 0 Å². The molecule has 108 valence electrons. The van der Waals surface area contributed by atoms with Gasteiger partial charge in [-0.3, -0.25) is 9.36 Å². The number of halogens is 1. The van der Waals surface area contributed by atoms with Crippen LogP contribution < -0.4 is 5.56 Å². The Balaban J connectivity index is 1.98. The largest absolute Gasteiger partial charge is 0.394 e. The van der Waals surface area contributed by atoms with E-state index in [1.165, 1.54) is 33.9 Å². The SMILES string of the molecule is O=c1c2cnn(CCO)c2ncn1Cc1ccc(F)cc1. The molecule has 3 aromatic rings. The van der Waals surface area contributed by atoms with Gasteiger partial charge < -0.3 is 5.11 Å². The summed E-state index contributed by atoms with van der Waals surface area (Å²) in [5.74, 6) is -0.315. The molecule has 0 bridgehead atoms. The summed E-state index contributed by atoms with van der Waals surface area (Å²) in [5.41, 5.74) is 1.04. The average Bonchev–Trinajstić information content (AvgIpc) is 2.89. The standard InChI is InChI=1S/C14H13FN4O2/c15-11-3-1-10(2-4-11)8-18-9-16-13-12(14(18)21)7-17-19(13)5-6-20/h1-4,7,9,20H,5-6,8H2. The van der Waals surface area contributed by atoms with Crippen molar-refractivity contribution in [1.82, 2.24) is 19.3 Å². The van der Waals surface area contributed by atoms with Crippen LogP contribution in [0.25, 0.3) is 11.0 Å². The fraction of sp³-hybridized carbons (Fsp3) is 0.214. The van der Waals surface area contributed by atoms with Crippen molar-refractivity contribution < 1.29 is 9.50 Å². The van der Waals surface area contributed by atoms with Crippen LogP contribution in [0.15, 0.2) is 41.6 Å². The minimum atomic E-state index is -0.315. The molecular formula is C14H13FN4O2. The van der Waals surface area contributed by atoms with Crippen LogP contribution in [0.1, 0.15) is 5.56 Å². The molecule has 3 rings (SSSR count). The van der Waals surface area contributed by atoms with E-state index in [9.17, 15) is 9.18 Å². The minimum absolute atomic E-state index is 0.0723. The highest BCUT2D eigenvalue weighted by Gasteiger charge is 2.10. The molecule has 0 unspecified atom stereocenters. The van der Waals surface area contributed by atoms with Gasteiger partial charge in [-0.2, -0.15) is 5.10 Å². The van der Waals surface area contributed by atoms with Crippen LogP contribution >= 0.6 is 0 Å². The lowest BCUT2D eigenvalue weighted by Crippen LogP contribution is -2.21. The van der Waals surface area contributed by atoms with Crippen molar-refractivity contribution in [3.05, 3.63) is 58.5 Å². The highest BCUT2D eigenvalue weighted by atomic mass is 19.1. The van der Waals surface area contributed by atoms with E-state index in [-0.39, 0.29) is 24.5 Å². The van der Waals surface area contributed by atoms with Gasteiger partial charge in [-0.25, -0.2) is 14.1 Å². The molecule has 7 heteroatoms. The number of aliphatic hydroxyl groups is 1. The smallest absolute Gasteiger partial charge is 0.264 e. The van der Waals surface area contributed by atoms with Crippen molar-refractivity contribution in [2.75, 3.05) is 6.61 Å². The number of rotatable bonds is 4. The first-order chi connectivity index (χ1) is 10.2. The molecule has 0 aliphatic heterocycles. The number of hydrogen-bond donors (Lipinski definition) is 1. The molecule has 0 saturated carbocycles. The lowest BCUT2D eigenvalue weighted by molar-refractivity contribution is 0.271. The summed E-state index contributed by atoms with van der Waals surface area (Å²) in [5, 5.41) is 13.4. The topological polar surface area (TPSA) is 72.9 Å². The highest BCUT2D eigenvalue weighted by molar-refractivity contribution is 5.72. The van der Waals surface area contributed by atoms with E-state index in [1.54, 1.807) is 12.1 Å². The first-order valence-corrected chi connectivity index (χ1v) is 6.45. The summed E-state index contributed by atoms with van der Waals surface area (Å²) >= 11 is 0. The molecule has 0 spiro atoms. The molecule has 0 aliphatic rings. The number of benzene rings is 1. The lowest BCUT2D eigenvalue weighted by Gasteiger charge is -2.06. The molecule has 21 heavy (non-hydrogen) atoms. The second-order valence-corrected chi connectivity index (χ2v) is 4.63. The second kappa shape index (κ2) is 5.45. The van der Waals surface area contributed by atoms with Gasteiger partial charge in [0.15, 0.2) is 5.65 Å². The Kier molecular flexibility index (Phi) is 3.49. The molecule has 2 aromatic heterocycles. The van der Waals surface area contributed by atoms with E-state index >= 15 is 0 Å². The minimum Gasteiger partial charge on any atom is -0.394 e. The maximum absolute atomic E-state index is 12.9. The summed E-state index contributed by atoms with van der Waals surface area (Å²) in [6, 6.07) is 5.96. The van der Waals surface area contributed by atoms with E-state index in [4.69, 9.17) is 5.11 Å². The zero-order valence-electron chi connectivity index (χ0n) is 11.1. The molecule has 1 N–H and O–H groups in total. The summed E-state index contributed by atoms with van der Waals surface area (Å²) in [6.07, 6.45) is 2.88. The van der Waals surface area contributed by atoms with E-state index in [0.717, 1.165) is 5.56 Å². The molecule has 2 heterocycles. The summed E-state index contributed by atoms with van der Waals surface area (Å²) in [7, 11) is 0. The highest BCUT2D eigenvalue weighted by Crippen LogP contribution is 2.07. The number of nitrogens with zero attached hydrogens (tertiary/aromatic N) is 4. The third-order valence-corrected chi connectivity index (χ3v) is 3.20. The van der Waals surface area contributed by atoms with Gasteiger partial charge in [-0.15, -0.1) is 0 Å². The van der Waals surface area contributed by atoms with Crippen LogP contribution in [0.2, 0.25) is 0 Å². The van der Waals surface area contributed by atoms with E-state index in [0.29, 0.717) is 17.6 Å². The Hall–Kier alpha value is -2.54. The lowest BCUT2D eigenvalue weighted by atomic mass is 10.2. The number of fused-ring (bicyclic) bond motifs is 1. The van der Waals surface area contributed by atoms with E-state index < -0.39 is 0 Å². The Morgan fingerprint density at radius 3 is 2.71 bits per heavy atom. The normalized spacial score (nSPS) is 11.1. The fourth-order valence-electron chi connectivity index (χ4n) is 2.15. The van der Waals surface area contributed by atoms with Gasteiger partial charge in [0.05, 0.1) is 25.9 Å². The summed E-state index contributed by atoms with van der Waals surface area (Å²) in [4.78, 5) is 16.6. The Labute approximate surface area is 119 Å².